The van der Waals surface area contributed by atoms with Crippen LogP contribution in [-0.4, -0.2) is 50.1 Å². The molecular formula is C20H23ClN2O6S2. The van der Waals surface area contributed by atoms with Crippen molar-refractivity contribution in [3.05, 3.63) is 45.6 Å². The van der Waals surface area contributed by atoms with Crippen molar-refractivity contribution in [3.8, 4) is 0 Å². The van der Waals surface area contributed by atoms with Gasteiger partial charge in [0.15, 0.2) is 12.4 Å². The van der Waals surface area contributed by atoms with Gasteiger partial charge in [-0.05, 0) is 30.3 Å². The third-order valence-electron chi connectivity index (χ3n) is 4.23. The Labute approximate surface area is 190 Å². The molecule has 8 nitrogen and oxygen atoms in total. The smallest absolute Gasteiger partial charge is 0.306 e. The lowest BCUT2D eigenvalue weighted by atomic mass is 10.2. The average Bonchev–Trinajstić information content (AvgIpc) is 3.18. The van der Waals surface area contributed by atoms with Crippen LogP contribution in [0.1, 0.15) is 36.4 Å². The molecule has 0 saturated carbocycles. The lowest BCUT2D eigenvalue weighted by Crippen LogP contribution is -2.30. The lowest BCUT2D eigenvalue weighted by Gasteiger charge is -2.18. The SMILES string of the molecule is CCN(CC)S(=O)(=O)c1cccc(NC(=O)COC(=O)CCC(=O)c2ccc(Cl)s2)c1. The number of hydrogen-bond donors (Lipinski definition) is 1. The Bertz CT molecular complexity index is 1050. The number of carbonyl (C=O) groups is 3. The fourth-order valence-electron chi connectivity index (χ4n) is 2.67. The van der Waals surface area contributed by atoms with E-state index in [-0.39, 0.29) is 29.2 Å². The first-order chi connectivity index (χ1) is 14.7. The number of thiophene rings is 1. The molecule has 0 atom stereocenters. The van der Waals surface area contributed by atoms with Crippen LogP contribution in [0.2, 0.25) is 4.34 Å². The maximum atomic E-state index is 12.6. The fourth-order valence-corrected chi connectivity index (χ4v) is 5.18. The Morgan fingerprint density at radius 1 is 1.10 bits per heavy atom. The largest absolute Gasteiger partial charge is 0.456 e. The number of Topliss-reactive ketones (excluding diaryl/α,β-unsaturated/α-hetero) is 1. The fraction of sp³-hybridized carbons (Fsp3) is 0.350. The zero-order valence-corrected chi connectivity index (χ0v) is 19.5. The number of anilines is 1. The number of nitrogens with zero attached hydrogens (tertiary/aromatic N) is 1. The quantitative estimate of drug-likeness (QED) is 0.384. The van der Waals surface area contributed by atoms with Gasteiger partial charge in [-0.15, -0.1) is 11.3 Å². The molecule has 0 bridgehead atoms. The van der Waals surface area contributed by atoms with Crippen molar-refractivity contribution in [2.45, 2.75) is 31.6 Å². The molecule has 31 heavy (non-hydrogen) atoms. The molecule has 0 aliphatic heterocycles. The number of carbonyl (C=O) groups excluding carboxylic acids is 3. The second kappa shape index (κ2) is 11.4. The van der Waals surface area contributed by atoms with E-state index in [1.165, 1.54) is 28.6 Å². The van der Waals surface area contributed by atoms with Gasteiger partial charge in [-0.3, -0.25) is 14.4 Å². The highest BCUT2D eigenvalue weighted by Gasteiger charge is 2.22. The minimum atomic E-state index is -3.66. The lowest BCUT2D eigenvalue weighted by molar-refractivity contribution is -0.147. The van der Waals surface area contributed by atoms with Crippen molar-refractivity contribution in [2.24, 2.45) is 0 Å². The summed E-state index contributed by atoms with van der Waals surface area (Å²) in [4.78, 5) is 36.3. The topological polar surface area (TPSA) is 110 Å². The van der Waals surface area contributed by atoms with Gasteiger partial charge in [0, 0.05) is 25.2 Å². The third-order valence-corrected chi connectivity index (χ3v) is 7.55. The molecular weight excluding hydrogens is 464 g/mol. The molecule has 0 unspecified atom stereocenters. The summed E-state index contributed by atoms with van der Waals surface area (Å²) in [6.45, 7) is 3.58. The summed E-state index contributed by atoms with van der Waals surface area (Å²) in [5.41, 5.74) is 0.263. The molecule has 168 valence electrons. The summed E-state index contributed by atoms with van der Waals surface area (Å²) >= 11 is 6.91. The molecule has 2 rings (SSSR count). The molecule has 1 aromatic heterocycles. The van der Waals surface area contributed by atoms with Crippen LogP contribution in [0.25, 0.3) is 0 Å². The van der Waals surface area contributed by atoms with Crippen molar-refractivity contribution in [2.75, 3.05) is 25.0 Å². The summed E-state index contributed by atoms with van der Waals surface area (Å²) < 4.78 is 31.9. The van der Waals surface area contributed by atoms with E-state index >= 15 is 0 Å². The van der Waals surface area contributed by atoms with E-state index in [0.29, 0.717) is 22.3 Å². The van der Waals surface area contributed by atoms with Gasteiger partial charge in [0.05, 0.1) is 20.5 Å². The molecule has 0 aliphatic rings. The maximum absolute atomic E-state index is 12.6. The van der Waals surface area contributed by atoms with Crippen LogP contribution < -0.4 is 5.32 Å². The summed E-state index contributed by atoms with van der Waals surface area (Å²) in [7, 11) is -3.66. The van der Waals surface area contributed by atoms with Crippen LogP contribution >= 0.6 is 22.9 Å². The molecule has 1 heterocycles. The van der Waals surface area contributed by atoms with Crippen molar-refractivity contribution >= 4 is 56.3 Å². The molecule has 1 N–H and O–H groups in total. The minimum Gasteiger partial charge on any atom is -0.456 e. The predicted molar refractivity (Wildman–Crippen MR) is 119 cm³/mol. The van der Waals surface area contributed by atoms with Gasteiger partial charge in [0.2, 0.25) is 10.0 Å². The zero-order valence-electron chi connectivity index (χ0n) is 17.1. The van der Waals surface area contributed by atoms with Gasteiger partial charge >= 0.3 is 5.97 Å². The summed E-state index contributed by atoms with van der Waals surface area (Å²) in [6, 6.07) is 9.03. The van der Waals surface area contributed by atoms with Gasteiger partial charge in [-0.25, -0.2) is 8.42 Å². The number of esters is 1. The van der Waals surface area contributed by atoms with Crippen molar-refractivity contribution < 1.29 is 27.5 Å². The second-order valence-electron chi connectivity index (χ2n) is 6.35. The standard InChI is InChI=1S/C20H23ClN2O6S2/c1-3-23(4-2)31(27,28)15-7-5-6-14(12-15)22-19(25)13-29-20(26)11-8-16(24)17-9-10-18(21)30-17/h5-7,9-10,12H,3-4,8,11,13H2,1-2H3,(H,22,25). The first-order valence-electron chi connectivity index (χ1n) is 9.51. The molecule has 1 amide bonds. The van der Waals surface area contributed by atoms with E-state index in [1.807, 2.05) is 0 Å². The normalized spacial score (nSPS) is 11.4. The van der Waals surface area contributed by atoms with Gasteiger partial charge in [-0.1, -0.05) is 31.5 Å². The van der Waals surface area contributed by atoms with Crippen LogP contribution in [0.4, 0.5) is 5.69 Å². The highest BCUT2D eigenvalue weighted by molar-refractivity contribution is 7.89. The predicted octanol–water partition coefficient (Wildman–Crippen LogP) is 3.58. The number of amides is 1. The van der Waals surface area contributed by atoms with Gasteiger partial charge in [0.1, 0.15) is 0 Å². The Balaban J connectivity index is 1.86. The number of sulfonamides is 1. The summed E-state index contributed by atoms with van der Waals surface area (Å²) in [6.07, 6.45) is -0.220. The summed E-state index contributed by atoms with van der Waals surface area (Å²) in [5.74, 6) is -1.55. The Morgan fingerprint density at radius 3 is 2.42 bits per heavy atom. The monoisotopic (exact) mass is 486 g/mol. The van der Waals surface area contributed by atoms with E-state index in [4.69, 9.17) is 16.3 Å². The molecule has 11 heteroatoms. The number of nitrogens with one attached hydrogen (secondary N) is 1. The summed E-state index contributed by atoms with van der Waals surface area (Å²) in [5, 5.41) is 2.50. The van der Waals surface area contributed by atoms with Crippen LogP contribution in [0, 0.1) is 0 Å². The number of benzene rings is 1. The maximum Gasteiger partial charge on any atom is 0.306 e. The van der Waals surface area contributed by atoms with Crippen molar-refractivity contribution in [3.63, 3.8) is 0 Å². The van der Waals surface area contributed by atoms with E-state index in [1.54, 1.807) is 26.0 Å². The highest BCUT2D eigenvalue weighted by Crippen LogP contribution is 2.23. The molecule has 0 saturated heterocycles. The van der Waals surface area contributed by atoms with Gasteiger partial charge in [-0.2, -0.15) is 4.31 Å². The van der Waals surface area contributed by atoms with E-state index in [2.05, 4.69) is 5.32 Å². The number of ether oxygens (including phenoxy) is 1. The van der Waals surface area contributed by atoms with Crippen molar-refractivity contribution in [1.82, 2.24) is 4.31 Å². The molecule has 0 spiro atoms. The van der Waals surface area contributed by atoms with E-state index < -0.39 is 28.5 Å². The number of rotatable bonds is 11. The molecule has 2 aromatic rings. The van der Waals surface area contributed by atoms with Crippen molar-refractivity contribution in [1.29, 1.82) is 0 Å². The second-order valence-corrected chi connectivity index (χ2v) is 10.0. The Morgan fingerprint density at radius 2 is 1.81 bits per heavy atom. The van der Waals surface area contributed by atoms with Crippen LogP contribution in [0.5, 0.6) is 0 Å². The first kappa shape index (κ1) is 25.0. The van der Waals surface area contributed by atoms with Gasteiger partial charge in [0.25, 0.3) is 5.91 Å². The molecule has 1 aromatic carbocycles. The Hall–Kier alpha value is -2.27. The Kier molecular flexibility index (Phi) is 9.17. The molecule has 0 fully saturated rings. The van der Waals surface area contributed by atoms with E-state index in [0.717, 1.165) is 11.3 Å². The van der Waals surface area contributed by atoms with Crippen LogP contribution in [-0.2, 0) is 24.3 Å². The number of halogens is 1. The number of hydrogen-bond acceptors (Lipinski definition) is 7. The highest BCUT2D eigenvalue weighted by atomic mass is 35.5. The number of ketones is 1. The third kappa shape index (κ3) is 7.13. The zero-order chi connectivity index (χ0) is 23.0. The minimum absolute atomic E-state index is 0.0530. The van der Waals surface area contributed by atoms with Crippen LogP contribution in [0.3, 0.4) is 0 Å². The molecule has 0 aliphatic carbocycles. The molecule has 0 radical (unpaired) electrons. The van der Waals surface area contributed by atoms with Gasteiger partial charge < -0.3 is 10.1 Å². The van der Waals surface area contributed by atoms with E-state index in [9.17, 15) is 22.8 Å². The van der Waals surface area contributed by atoms with Crippen LogP contribution in [0.15, 0.2) is 41.3 Å². The first-order valence-corrected chi connectivity index (χ1v) is 12.1. The average molecular weight is 487 g/mol.